The molecule has 0 bridgehead atoms. The standard InChI is InChI=1S/C20H34O.Li/c1-2-3-4-5-6-7-8-9-10-11-12-13-16-19-17-14-15-18-20(19)21;/h14-15,17-18,21H,2-13,16H2,1H3;/q;+1/p-1. The van der Waals surface area contributed by atoms with Gasteiger partial charge in [-0.25, -0.2) is 0 Å². The smallest absolute Gasteiger partial charge is 0.872 e. The van der Waals surface area contributed by atoms with Gasteiger partial charge in [0, 0.05) is 0 Å². The Morgan fingerprint density at radius 1 is 0.682 bits per heavy atom. The van der Waals surface area contributed by atoms with Crippen molar-refractivity contribution in [1.82, 2.24) is 0 Å². The first-order valence-electron chi connectivity index (χ1n) is 9.09. The summed E-state index contributed by atoms with van der Waals surface area (Å²) in [6, 6.07) is 7.45. The normalized spacial score (nSPS) is 10.4. The molecule has 0 aliphatic carbocycles. The minimum atomic E-state index is 0. The molecule has 22 heavy (non-hydrogen) atoms. The van der Waals surface area contributed by atoms with Crippen LogP contribution in [0.4, 0.5) is 0 Å². The van der Waals surface area contributed by atoms with Crippen molar-refractivity contribution in [1.29, 1.82) is 0 Å². The molecule has 0 saturated heterocycles. The molecule has 0 atom stereocenters. The van der Waals surface area contributed by atoms with Gasteiger partial charge in [-0.1, -0.05) is 107 Å². The molecular formula is C20H33LiO. The Bertz CT molecular complexity index is 351. The maximum atomic E-state index is 11.6. The van der Waals surface area contributed by atoms with Gasteiger partial charge in [-0.3, -0.25) is 0 Å². The zero-order chi connectivity index (χ0) is 15.2. The molecule has 0 aliphatic heterocycles. The van der Waals surface area contributed by atoms with Gasteiger partial charge >= 0.3 is 18.9 Å². The maximum Gasteiger partial charge on any atom is 1.00 e. The van der Waals surface area contributed by atoms with Gasteiger partial charge in [0.25, 0.3) is 0 Å². The fraction of sp³-hybridized carbons (Fsp3) is 0.700. The van der Waals surface area contributed by atoms with Crippen LogP contribution in [0.1, 0.15) is 89.5 Å². The van der Waals surface area contributed by atoms with Crippen molar-refractivity contribution in [3.63, 3.8) is 0 Å². The minimum absolute atomic E-state index is 0. The van der Waals surface area contributed by atoms with Crippen molar-refractivity contribution in [2.24, 2.45) is 0 Å². The van der Waals surface area contributed by atoms with Crippen molar-refractivity contribution in [2.45, 2.75) is 90.4 Å². The molecule has 1 nitrogen and oxygen atoms in total. The van der Waals surface area contributed by atoms with E-state index < -0.39 is 0 Å². The van der Waals surface area contributed by atoms with Crippen LogP contribution in [-0.4, -0.2) is 0 Å². The Kier molecular flexibility index (Phi) is 15.2. The van der Waals surface area contributed by atoms with Crippen LogP contribution in [0.2, 0.25) is 0 Å². The molecule has 0 amide bonds. The van der Waals surface area contributed by atoms with Crippen LogP contribution in [0.25, 0.3) is 0 Å². The van der Waals surface area contributed by atoms with Crippen LogP contribution >= 0.6 is 0 Å². The summed E-state index contributed by atoms with van der Waals surface area (Å²) in [5, 5.41) is 11.6. The van der Waals surface area contributed by atoms with Gasteiger partial charge in [0.1, 0.15) is 0 Å². The summed E-state index contributed by atoms with van der Waals surface area (Å²) in [4.78, 5) is 0. The molecule has 1 aromatic carbocycles. The van der Waals surface area contributed by atoms with E-state index in [4.69, 9.17) is 0 Å². The van der Waals surface area contributed by atoms with E-state index in [1.54, 1.807) is 6.07 Å². The topological polar surface area (TPSA) is 23.1 Å². The van der Waals surface area contributed by atoms with Crippen LogP contribution < -0.4 is 24.0 Å². The predicted octanol–water partition coefficient (Wildman–Crippen LogP) is 3.01. The van der Waals surface area contributed by atoms with E-state index in [2.05, 4.69) is 6.92 Å². The van der Waals surface area contributed by atoms with Crippen molar-refractivity contribution in [3.8, 4) is 5.75 Å². The van der Waals surface area contributed by atoms with Crippen molar-refractivity contribution < 1.29 is 24.0 Å². The molecule has 2 heteroatoms. The van der Waals surface area contributed by atoms with Crippen molar-refractivity contribution in [3.05, 3.63) is 29.8 Å². The molecule has 0 radical (unpaired) electrons. The van der Waals surface area contributed by atoms with Gasteiger partial charge in [-0.05, 0) is 12.8 Å². The zero-order valence-corrected chi connectivity index (χ0v) is 14.9. The summed E-state index contributed by atoms with van der Waals surface area (Å²) < 4.78 is 0. The Hall–Kier alpha value is -0.383. The minimum Gasteiger partial charge on any atom is -0.872 e. The third-order valence-corrected chi connectivity index (χ3v) is 4.27. The van der Waals surface area contributed by atoms with E-state index in [1.165, 1.54) is 70.6 Å². The van der Waals surface area contributed by atoms with E-state index in [0.29, 0.717) is 0 Å². The monoisotopic (exact) mass is 296 g/mol. The average Bonchev–Trinajstić information content (AvgIpc) is 2.50. The molecule has 0 spiro atoms. The molecular weight excluding hydrogens is 263 g/mol. The first-order valence-corrected chi connectivity index (χ1v) is 9.09. The molecule has 0 aromatic heterocycles. The number of hydrogen-bond donors (Lipinski definition) is 0. The molecule has 0 N–H and O–H groups in total. The number of unbranched alkanes of at least 4 members (excludes halogenated alkanes) is 11. The van der Waals surface area contributed by atoms with Crippen LogP contribution in [0, 0.1) is 0 Å². The summed E-state index contributed by atoms with van der Waals surface area (Å²) >= 11 is 0. The van der Waals surface area contributed by atoms with Crippen LogP contribution in [0.15, 0.2) is 24.3 Å². The molecule has 1 aromatic rings. The number of aryl methyl sites for hydroxylation is 1. The predicted molar refractivity (Wildman–Crippen MR) is 90.7 cm³/mol. The fourth-order valence-electron chi connectivity index (χ4n) is 2.87. The van der Waals surface area contributed by atoms with E-state index in [1.807, 2.05) is 18.2 Å². The van der Waals surface area contributed by atoms with Gasteiger partial charge in [0.15, 0.2) is 0 Å². The molecule has 0 aliphatic rings. The Labute approximate surface area is 150 Å². The maximum absolute atomic E-state index is 11.6. The summed E-state index contributed by atoms with van der Waals surface area (Å²) in [6.07, 6.45) is 17.4. The van der Waals surface area contributed by atoms with Crippen LogP contribution in [0.3, 0.4) is 0 Å². The van der Waals surface area contributed by atoms with Crippen molar-refractivity contribution in [2.75, 3.05) is 0 Å². The van der Waals surface area contributed by atoms with E-state index in [-0.39, 0.29) is 24.6 Å². The second kappa shape index (κ2) is 15.5. The summed E-state index contributed by atoms with van der Waals surface area (Å²) in [5.74, 6) is 0.209. The van der Waals surface area contributed by atoms with Gasteiger partial charge < -0.3 is 5.11 Å². The average molecular weight is 296 g/mol. The van der Waals surface area contributed by atoms with Crippen LogP contribution in [-0.2, 0) is 6.42 Å². The van der Waals surface area contributed by atoms with Gasteiger partial charge in [-0.2, -0.15) is 0 Å². The summed E-state index contributed by atoms with van der Waals surface area (Å²) in [6.45, 7) is 2.27. The third-order valence-electron chi connectivity index (χ3n) is 4.27. The molecule has 1 rings (SSSR count). The second-order valence-corrected chi connectivity index (χ2v) is 6.25. The number of rotatable bonds is 13. The quantitative estimate of drug-likeness (QED) is 0.405. The van der Waals surface area contributed by atoms with Crippen molar-refractivity contribution >= 4 is 0 Å². The molecule has 0 heterocycles. The molecule has 120 valence electrons. The van der Waals surface area contributed by atoms with Crippen LogP contribution in [0.5, 0.6) is 5.75 Å². The second-order valence-electron chi connectivity index (χ2n) is 6.25. The molecule has 0 fully saturated rings. The number of para-hydroxylation sites is 1. The Balaban J connectivity index is 0.00000441. The Morgan fingerprint density at radius 2 is 1.14 bits per heavy atom. The van der Waals surface area contributed by atoms with E-state index >= 15 is 0 Å². The summed E-state index contributed by atoms with van der Waals surface area (Å²) in [5.41, 5.74) is 0.990. The fourth-order valence-corrected chi connectivity index (χ4v) is 2.87. The molecule has 0 unspecified atom stereocenters. The van der Waals surface area contributed by atoms with Gasteiger partial charge in [-0.15, -0.1) is 5.75 Å². The first kappa shape index (κ1) is 21.6. The number of hydrogen-bond acceptors (Lipinski definition) is 1. The Morgan fingerprint density at radius 3 is 1.64 bits per heavy atom. The largest absolute Gasteiger partial charge is 1.00 e. The molecule has 0 saturated carbocycles. The van der Waals surface area contributed by atoms with E-state index in [9.17, 15) is 5.11 Å². The van der Waals surface area contributed by atoms with Gasteiger partial charge in [0.05, 0.1) is 0 Å². The SMILES string of the molecule is CCCCCCCCCCCCCCc1ccccc1[O-].[Li+]. The van der Waals surface area contributed by atoms with E-state index in [0.717, 1.165) is 18.4 Å². The summed E-state index contributed by atoms with van der Waals surface area (Å²) in [7, 11) is 0. The zero-order valence-electron chi connectivity index (χ0n) is 14.9. The first-order chi connectivity index (χ1) is 10.3. The van der Waals surface area contributed by atoms with Gasteiger partial charge in [0.2, 0.25) is 0 Å². The third kappa shape index (κ3) is 11.2. The number of benzene rings is 1.